The molecule has 0 radical (unpaired) electrons. The minimum absolute atomic E-state index is 0.262. The summed E-state index contributed by atoms with van der Waals surface area (Å²) in [6, 6.07) is 7.63. The molecule has 0 aliphatic rings. The van der Waals surface area contributed by atoms with Gasteiger partial charge in [0.05, 0.1) is 5.02 Å². The third-order valence-corrected chi connectivity index (χ3v) is 3.74. The fraction of sp³-hybridized carbons (Fsp3) is 0.235. The quantitative estimate of drug-likeness (QED) is 0.772. The van der Waals surface area contributed by atoms with Gasteiger partial charge < -0.3 is 15.4 Å². The number of pyridine rings is 1. The average molecular weight is 382 g/mol. The molecule has 0 spiro atoms. The van der Waals surface area contributed by atoms with Crippen LogP contribution in [0.1, 0.15) is 12.5 Å². The van der Waals surface area contributed by atoms with Gasteiger partial charge in [-0.2, -0.15) is 0 Å². The Morgan fingerprint density at radius 1 is 1.28 bits per heavy atom. The highest BCUT2D eigenvalue weighted by Gasteiger charge is 2.16. The van der Waals surface area contributed by atoms with Gasteiger partial charge in [-0.15, -0.1) is 0 Å². The van der Waals surface area contributed by atoms with Crippen LogP contribution in [0, 0.1) is 0 Å². The van der Waals surface area contributed by atoms with E-state index in [4.69, 9.17) is 27.9 Å². The number of hydrogen-bond acceptors (Lipinski definition) is 4. The fourth-order valence-corrected chi connectivity index (χ4v) is 2.39. The van der Waals surface area contributed by atoms with E-state index in [1.807, 2.05) is 6.07 Å². The summed E-state index contributed by atoms with van der Waals surface area (Å²) in [5, 5.41) is 6.06. The van der Waals surface area contributed by atoms with Gasteiger partial charge in [-0.3, -0.25) is 14.6 Å². The second-order valence-electron chi connectivity index (χ2n) is 5.23. The lowest BCUT2D eigenvalue weighted by molar-refractivity contribution is -0.129. The number of ether oxygens (including phenoxy) is 1. The molecule has 0 bridgehead atoms. The van der Waals surface area contributed by atoms with Crippen LogP contribution in [0.25, 0.3) is 0 Å². The van der Waals surface area contributed by atoms with Crippen molar-refractivity contribution in [2.45, 2.75) is 19.5 Å². The molecule has 0 aliphatic heterocycles. The van der Waals surface area contributed by atoms with E-state index in [2.05, 4.69) is 15.6 Å². The molecule has 0 fully saturated rings. The van der Waals surface area contributed by atoms with Crippen LogP contribution in [0.5, 0.6) is 5.75 Å². The zero-order valence-corrected chi connectivity index (χ0v) is 15.0. The summed E-state index contributed by atoms with van der Waals surface area (Å²) in [5.41, 5.74) is 0.870. The molecule has 1 aromatic heterocycles. The first kappa shape index (κ1) is 19.0. The Hall–Kier alpha value is -2.31. The number of halogens is 2. The highest BCUT2D eigenvalue weighted by atomic mass is 35.5. The second kappa shape index (κ2) is 9.25. The first-order chi connectivity index (χ1) is 12.0. The van der Waals surface area contributed by atoms with Crippen LogP contribution in [0.15, 0.2) is 42.7 Å². The summed E-state index contributed by atoms with van der Waals surface area (Å²) in [7, 11) is 0. The summed E-state index contributed by atoms with van der Waals surface area (Å²) in [6.45, 7) is 1.66. The third-order valence-electron chi connectivity index (χ3n) is 3.21. The lowest BCUT2D eigenvalue weighted by atomic mass is 10.2. The number of carbonyl (C=O) groups is 2. The Labute approximate surface area is 155 Å². The van der Waals surface area contributed by atoms with Crippen LogP contribution < -0.4 is 15.4 Å². The zero-order chi connectivity index (χ0) is 18.2. The van der Waals surface area contributed by atoms with Crippen LogP contribution in [0.3, 0.4) is 0 Å². The molecule has 132 valence electrons. The number of nitrogens with one attached hydrogen (secondary N) is 2. The van der Waals surface area contributed by atoms with E-state index >= 15 is 0 Å². The minimum Gasteiger partial charge on any atom is -0.482 e. The highest BCUT2D eigenvalue weighted by Crippen LogP contribution is 2.27. The van der Waals surface area contributed by atoms with Gasteiger partial charge in [0, 0.05) is 24.0 Å². The molecule has 0 unspecified atom stereocenters. The van der Waals surface area contributed by atoms with Crippen molar-refractivity contribution >= 4 is 35.0 Å². The number of nitrogens with zero attached hydrogens (tertiary/aromatic N) is 1. The number of hydrogen-bond donors (Lipinski definition) is 2. The predicted octanol–water partition coefficient (Wildman–Crippen LogP) is 2.59. The van der Waals surface area contributed by atoms with Crippen molar-refractivity contribution in [2.24, 2.45) is 0 Å². The van der Waals surface area contributed by atoms with Gasteiger partial charge in [0.1, 0.15) is 11.8 Å². The molecule has 1 aromatic carbocycles. The largest absolute Gasteiger partial charge is 0.482 e. The van der Waals surface area contributed by atoms with Gasteiger partial charge in [0.2, 0.25) is 5.91 Å². The molecule has 2 N–H and O–H groups in total. The first-order valence-electron chi connectivity index (χ1n) is 7.49. The standard InChI is InChI=1S/C17H17Cl2N3O3/c1-11(17(24)21-9-12-3-2-6-20-8-12)22-16(23)10-25-15-5-4-13(18)7-14(15)19/h2-8,11H,9-10H2,1H3,(H,21,24)(H,22,23)/t11-/m0/s1. The van der Waals surface area contributed by atoms with Crippen molar-refractivity contribution in [3.8, 4) is 5.75 Å². The van der Waals surface area contributed by atoms with E-state index < -0.39 is 11.9 Å². The number of carbonyl (C=O) groups excluding carboxylic acids is 2. The van der Waals surface area contributed by atoms with Gasteiger partial charge in [-0.05, 0) is 36.8 Å². The second-order valence-corrected chi connectivity index (χ2v) is 6.08. The summed E-state index contributed by atoms with van der Waals surface area (Å²) in [6.07, 6.45) is 3.31. The molecule has 8 heteroatoms. The zero-order valence-electron chi connectivity index (χ0n) is 13.5. The average Bonchev–Trinajstić information content (AvgIpc) is 2.59. The molecule has 2 aromatic rings. The monoisotopic (exact) mass is 381 g/mol. The molecule has 1 heterocycles. The van der Waals surface area contributed by atoms with Crippen LogP contribution in [0.2, 0.25) is 10.0 Å². The molecule has 0 saturated heterocycles. The minimum atomic E-state index is -0.700. The maximum Gasteiger partial charge on any atom is 0.258 e. The summed E-state index contributed by atoms with van der Waals surface area (Å²) < 4.78 is 5.32. The van der Waals surface area contributed by atoms with Gasteiger partial charge in [-0.25, -0.2) is 0 Å². The van der Waals surface area contributed by atoms with Crippen molar-refractivity contribution in [2.75, 3.05) is 6.61 Å². The summed E-state index contributed by atoms with van der Waals surface area (Å²) in [4.78, 5) is 27.8. The van der Waals surface area contributed by atoms with E-state index in [-0.39, 0.29) is 12.5 Å². The number of aromatic nitrogens is 1. The van der Waals surface area contributed by atoms with Gasteiger partial charge in [0.15, 0.2) is 6.61 Å². The van der Waals surface area contributed by atoms with E-state index in [9.17, 15) is 9.59 Å². The SMILES string of the molecule is C[C@H](NC(=O)COc1ccc(Cl)cc1Cl)C(=O)NCc1cccnc1. The lowest BCUT2D eigenvalue weighted by Gasteiger charge is -2.15. The Morgan fingerprint density at radius 2 is 2.08 bits per heavy atom. The molecule has 6 nitrogen and oxygen atoms in total. The van der Waals surface area contributed by atoms with Crippen molar-refractivity contribution in [1.82, 2.24) is 15.6 Å². The topological polar surface area (TPSA) is 80.3 Å². The fourth-order valence-electron chi connectivity index (χ4n) is 1.93. The molecule has 2 amide bonds. The van der Waals surface area contributed by atoms with Crippen molar-refractivity contribution < 1.29 is 14.3 Å². The first-order valence-corrected chi connectivity index (χ1v) is 8.25. The van der Waals surface area contributed by atoms with E-state index in [1.54, 1.807) is 37.5 Å². The van der Waals surface area contributed by atoms with Crippen LogP contribution in [-0.4, -0.2) is 29.4 Å². The van der Waals surface area contributed by atoms with Gasteiger partial charge >= 0.3 is 0 Å². The Morgan fingerprint density at radius 3 is 2.76 bits per heavy atom. The van der Waals surface area contributed by atoms with Crippen molar-refractivity contribution in [1.29, 1.82) is 0 Å². The molecule has 0 aliphatic carbocycles. The molecular formula is C17H17Cl2N3O3. The van der Waals surface area contributed by atoms with E-state index in [0.29, 0.717) is 22.3 Å². The normalized spacial score (nSPS) is 11.5. The Balaban J connectivity index is 1.76. The number of rotatable bonds is 7. The van der Waals surface area contributed by atoms with Crippen LogP contribution in [0.4, 0.5) is 0 Å². The predicted molar refractivity (Wildman–Crippen MR) is 95.6 cm³/mol. The lowest BCUT2D eigenvalue weighted by Crippen LogP contribution is -2.46. The van der Waals surface area contributed by atoms with Crippen LogP contribution >= 0.6 is 23.2 Å². The Bertz CT molecular complexity index is 741. The van der Waals surface area contributed by atoms with Crippen molar-refractivity contribution in [3.63, 3.8) is 0 Å². The van der Waals surface area contributed by atoms with Gasteiger partial charge in [0.25, 0.3) is 5.91 Å². The van der Waals surface area contributed by atoms with Gasteiger partial charge in [-0.1, -0.05) is 29.3 Å². The maximum absolute atomic E-state index is 12.0. The molecule has 2 rings (SSSR count). The smallest absolute Gasteiger partial charge is 0.258 e. The molecular weight excluding hydrogens is 365 g/mol. The Kier molecular flexibility index (Phi) is 7.03. The molecule has 1 atom stereocenters. The number of amides is 2. The number of benzene rings is 1. The highest BCUT2D eigenvalue weighted by molar-refractivity contribution is 6.35. The molecule has 0 saturated carbocycles. The van der Waals surface area contributed by atoms with E-state index in [0.717, 1.165) is 5.56 Å². The van der Waals surface area contributed by atoms with E-state index in [1.165, 1.54) is 6.07 Å². The third kappa shape index (κ3) is 6.25. The summed E-state index contributed by atoms with van der Waals surface area (Å²) >= 11 is 11.7. The molecule has 25 heavy (non-hydrogen) atoms. The van der Waals surface area contributed by atoms with Crippen LogP contribution in [-0.2, 0) is 16.1 Å². The van der Waals surface area contributed by atoms with Crippen molar-refractivity contribution in [3.05, 3.63) is 58.3 Å². The summed E-state index contributed by atoms with van der Waals surface area (Å²) in [5.74, 6) is -0.397. The maximum atomic E-state index is 12.0.